The molecule has 67 valence electrons. The Labute approximate surface area is 81.6 Å². The number of para-hydroxylation sites is 1. The van der Waals surface area contributed by atoms with Gasteiger partial charge in [-0.1, -0.05) is 18.2 Å². The molecule has 2 nitrogen and oxygen atoms in total. The Morgan fingerprint density at radius 1 is 1.07 bits per heavy atom. The summed E-state index contributed by atoms with van der Waals surface area (Å²) >= 11 is 0. The molecular formula is C12H9N2. The van der Waals surface area contributed by atoms with Crippen LogP contribution < -0.4 is 0 Å². The molecule has 2 heterocycles. The van der Waals surface area contributed by atoms with E-state index in [9.17, 15) is 0 Å². The Bertz CT molecular complexity index is 546. The molecule has 0 saturated carbocycles. The van der Waals surface area contributed by atoms with Gasteiger partial charge in [-0.2, -0.15) is 0 Å². The molecule has 0 unspecified atom stereocenters. The Morgan fingerprint density at radius 2 is 2.00 bits per heavy atom. The minimum atomic E-state index is 1.10. The summed E-state index contributed by atoms with van der Waals surface area (Å²) in [5.41, 5.74) is 3.46. The third-order valence-electron chi connectivity index (χ3n) is 2.42. The number of benzene rings is 1. The van der Waals surface area contributed by atoms with Gasteiger partial charge in [0, 0.05) is 34.4 Å². The molecule has 3 rings (SSSR count). The topological polar surface area (TPSA) is 31.6 Å². The summed E-state index contributed by atoms with van der Waals surface area (Å²) in [6, 6.07) is 10.3. The third kappa shape index (κ3) is 0.973. The minimum absolute atomic E-state index is 1.10. The normalized spacial score (nSPS) is 10.9. The number of aromatic amines is 2. The maximum Gasteiger partial charge on any atom is 0.0706 e. The first-order chi connectivity index (χ1) is 6.95. The molecule has 0 aliphatic rings. The van der Waals surface area contributed by atoms with E-state index in [2.05, 4.69) is 28.3 Å². The molecule has 0 fully saturated rings. The molecule has 1 radical (unpaired) electrons. The van der Waals surface area contributed by atoms with Crippen LogP contribution in [0.25, 0.3) is 22.0 Å². The molecule has 0 aliphatic heterocycles. The second kappa shape index (κ2) is 2.77. The van der Waals surface area contributed by atoms with Crippen LogP contribution in [0, 0.1) is 6.20 Å². The second-order valence-corrected chi connectivity index (χ2v) is 3.26. The fourth-order valence-corrected chi connectivity index (χ4v) is 1.74. The van der Waals surface area contributed by atoms with Gasteiger partial charge in [0.15, 0.2) is 0 Å². The highest BCUT2D eigenvalue weighted by Crippen LogP contribution is 2.27. The summed E-state index contributed by atoms with van der Waals surface area (Å²) < 4.78 is 0. The van der Waals surface area contributed by atoms with Crippen LogP contribution in [0.5, 0.6) is 0 Å². The van der Waals surface area contributed by atoms with Gasteiger partial charge in [-0.25, -0.2) is 0 Å². The lowest BCUT2D eigenvalue weighted by molar-refractivity contribution is 1.40. The molecule has 2 N–H and O–H groups in total. The van der Waals surface area contributed by atoms with Crippen LogP contribution in [-0.4, -0.2) is 9.97 Å². The van der Waals surface area contributed by atoms with Crippen molar-refractivity contribution < 1.29 is 0 Å². The lowest BCUT2D eigenvalue weighted by atomic mass is 10.1. The van der Waals surface area contributed by atoms with Gasteiger partial charge in [-0.05, 0) is 12.1 Å². The molecule has 0 saturated heterocycles. The number of fused-ring (bicyclic) bond motifs is 1. The van der Waals surface area contributed by atoms with Crippen molar-refractivity contribution >= 4 is 10.9 Å². The fraction of sp³-hybridized carbons (Fsp3) is 0. The smallest absolute Gasteiger partial charge is 0.0706 e. The van der Waals surface area contributed by atoms with Crippen molar-refractivity contribution in [2.45, 2.75) is 0 Å². The fourth-order valence-electron chi connectivity index (χ4n) is 1.74. The molecular weight excluding hydrogens is 172 g/mol. The summed E-state index contributed by atoms with van der Waals surface area (Å²) in [5, 5.41) is 1.24. The summed E-state index contributed by atoms with van der Waals surface area (Å²) in [6.45, 7) is 0. The van der Waals surface area contributed by atoms with Crippen molar-refractivity contribution in [2.75, 3.05) is 0 Å². The van der Waals surface area contributed by atoms with Crippen molar-refractivity contribution in [1.82, 2.24) is 9.97 Å². The Balaban J connectivity index is 2.33. The highest BCUT2D eigenvalue weighted by Gasteiger charge is 2.04. The van der Waals surface area contributed by atoms with Crippen molar-refractivity contribution in [3.05, 3.63) is 48.9 Å². The van der Waals surface area contributed by atoms with Gasteiger partial charge in [0.25, 0.3) is 0 Å². The summed E-state index contributed by atoms with van der Waals surface area (Å²) in [4.78, 5) is 6.19. The number of aromatic nitrogens is 2. The summed E-state index contributed by atoms with van der Waals surface area (Å²) in [5.74, 6) is 0. The van der Waals surface area contributed by atoms with E-state index in [1.54, 1.807) is 0 Å². The maximum atomic E-state index is 3.24. The predicted molar refractivity (Wildman–Crippen MR) is 56.9 cm³/mol. The minimum Gasteiger partial charge on any atom is -0.361 e. The van der Waals surface area contributed by atoms with Crippen LogP contribution in [0.3, 0.4) is 0 Å². The molecule has 1 aromatic carbocycles. The zero-order valence-corrected chi connectivity index (χ0v) is 7.54. The number of rotatable bonds is 1. The molecule has 0 spiro atoms. The first-order valence-corrected chi connectivity index (χ1v) is 4.57. The zero-order valence-electron chi connectivity index (χ0n) is 7.54. The van der Waals surface area contributed by atoms with Crippen molar-refractivity contribution in [3.8, 4) is 11.1 Å². The molecule has 2 heteroatoms. The zero-order chi connectivity index (χ0) is 9.38. The van der Waals surface area contributed by atoms with Gasteiger partial charge in [-0.15, -0.1) is 0 Å². The van der Waals surface area contributed by atoms with Gasteiger partial charge in [-0.3, -0.25) is 0 Å². The highest BCUT2D eigenvalue weighted by atomic mass is 14.7. The average Bonchev–Trinajstić information content (AvgIpc) is 2.85. The number of nitrogens with one attached hydrogen (secondary N) is 2. The average molecular weight is 181 g/mol. The van der Waals surface area contributed by atoms with Gasteiger partial charge >= 0.3 is 0 Å². The molecule has 2 aromatic heterocycles. The monoisotopic (exact) mass is 181 g/mol. The van der Waals surface area contributed by atoms with Crippen molar-refractivity contribution in [1.29, 1.82) is 0 Å². The van der Waals surface area contributed by atoms with Crippen LogP contribution in [0.2, 0.25) is 0 Å². The van der Waals surface area contributed by atoms with Crippen LogP contribution in [0.15, 0.2) is 42.7 Å². The van der Waals surface area contributed by atoms with Crippen molar-refractivity contribution in [3.63, 3.8) is 0 Å². The Morgan fingerprint density at radius 3 is 2.86 bits per heavy atom. The van der Waals surface area contributed by atoms with Crippen LogP contribution >= 0.6 is 0 Å². The Hall–Kier alpha value is -1.96. The molecule has 3 aromatic rings. The number of hydrogen-bond acceptors (Lipinski definition) is 0. The van der Waals surface area contributed by atoms with E-state index >= 15 is 0 Å². The van der Waals surface area contributed by atoms with E-state index < -0.39 is 0 Å². The SMILES string of the molecule is [c]1[nH]ccc1-c1c[nH]c2ccccc12. The first-order valence-electron chi connectivity index (χ1n) is 4.57. The third-order valence-corrected chi connectivity index (χ3v) is 2.42. The predicted octanol–water partition coefficient (Wildman–Crippen LogP) is 2.96. The molecule has 0 aliphatic carbocycles. The van der Waals surface area contributed by atoms with Crippen molar-refractivity contribution in [2.24, 2.45) is 0 Å². The van der Waals surface area contributed by atoms with Crippen LogP contribution in [0.4, 0.5) is 0 Å². The molecule has 14 heavy (non-hydrogen) atoms. The van der Waals surface area contributed by atoms with Gasteiger partial charge in [0.1, 0.15) is 0 Å². The van der Waals surface area contributed by atoms with Gasteiger partial charge < -0.3 is 9.97 Å². The second-order valence-electron chi connectivity index (χ2n) is 3.26. The number of hydrogen-bond donors (Lipinski definition) is 2. The largest absolute Gasteiger partial charge is 0.361 e. The van der Waals surface area contributed by atoms with Gasteiger partial charge in [0.05, 0.1) is 6.20 Å². The van der Waals surface area contributed by atoms with Crippen LogP contribution in [0.1, 0.15) is 0 Å². The lowest BCUT2D eigenvalue weighted by Crippen LogP contribution is -1.69. The number of H-pyrrole nitrogens is 2. The molecule has 0 atom stereocenters. The van der Waals surface area contributed by atoms with E-state index in [1.807, 2.05) is 30.6 Å². The molecule has 0 bridgehead atoms. The van der Waals surface area contributed by atoms with E-state index in [1.165, 1.54) is 10.9 Å². The van der Waals surface area contributed by atoms with E-state index in [0.29, 0.717) is 0 Å². The maximum absolute atomic E-state index is 3.24. The van der Waals surface area contributed by atoms with Gasteiger partial charge in [0.2, 0.25) is 0 Å². The molecule has 0 amide bonds. The summed E-state index contributed by atoms with van der Waals surface area (Å²) in [7, 11) is 0. The first kappa shape index (κ1) is 7.44. The Kier molecular flexibility index (Phi) is 1.47. The highest BCUT2D eigenvalue weighted by molar-refractivity contribution is 5.95. The lowest BCUT2D eigenvalue weighted by Gasteiger charge is -1.92. The quantitative estimate of drug-likeness (QED) is 0.578. The van der Waals surface area contributed by atoms with E-state index in [4.69, 9.17) is 0 Å². The van der Waals surface area contributed by atoms with E-state index in [-0.39, 0.29) is 0 Å². The van der Waals surface area contributed by atoms with Crippen LogP contribution in [-0.2, 0) is 0 Å². The summed E-state index contributed by atoms with van der Waals surface area (Å²) in [6.07, 6.45) is 6.99. The standard InChI is InChI=1S/C12H9N2/c1-2-4-12-10(3-1)11(8-14-12)9-5-6-13-7-9/h1-6,8,13-14H. The van der Waals surface area contributed by atoms with E-state index in [0.717, 1.165) is 11.1 Å².